The van der Waals surface area contributed by atoms with Crippen LogP contribution in [0, 0.1) is 0 Å². The van der Waals surface area contributed by atoms with Gasteiger partial charge >= 0.3 is 0 Å². The number of hydrogen-bond donors (Lipinski definition) is 1. The highest BCUT2D eigenvalue weighted by molar-refractivity contribution is 5.97. The van der Waals surface area contributed by atoms with Gasteiger partial charge in [0, 0.05) is 24.4 Å². The summed E-state index contributed by atoms with van der Waals surface area (Å²) in [5.41, 5.74) is 6.72. The number of carbonyl (C=O) groups is 1. The third-order valence-corrected chi connectivity index (χ3v) is 3.43. The number of aromatic nitrogens is 2. The highest BCUT2D eigenvalue weighted by Crippen LogP contribution is 2.34. The van der Waals surface area contributed by atoms with Crippen LogP contribution in [0.5, 0.6) is 17.2 Å². The summed E-state index contributed by atoms with van der Waals surface area (Å²) in [5.74, 6) is 1.06. The summed E-state index contributed by atoms with van der Waals surface area (Å²) in [6.07, 6.45) is 3.05. The van der Waals surface area contributed by atoms with Crippen molar-refractivity contribution in [2.45, 2.75) is 13.5 Å². The summed E-state index contributed by atoms with van der Waals surface area (Å²) in [6, 6.07) is 3.43. The molecule has 0 bridgehead atoms. The fourth-order valence-electron chi connectivity index (χ4n) is 2.26. The van der Waals surface area contributed by atoms with Crippen molar-refractivity contribution in [2.75, 3.05) is 21.3 Å². The van der Waals surface area contributed by atoms with Gasteiger partial charge in [0.2, 0.25) is 0 Å². The van der Waals surface area contributed by atoms with Gasteiger partial charge < -0.3 is 19.9 Å². The Morgan fingerprint density at radius 3 is 2.38 bits per heavy atom. The first-order chi connectivity index (χ1) is 11.5. The van der Waals surface area contributed by atoms with Gasteiger partial charge in [-0.2, -0.15) is 5.10 Å². The maximum Gasteiger partial charge on any atom is 0.269 e. The smallest absolute Gasteiger partial charge is 0.269 e. The van der Waals surface area contributed by atoms with E-state index in [1.54, 1.807) is 39.7 Å². The number of nitrogens with two attached hydrogens (primary N) is 1. The molecule has 1 aromatic carbocycles. The normalized spacial score (nSPS) is 10.8. The monoisotopic (exact) mass is 332 g/mol. The van der Waals surface area contributed by atoms with Gasteiger partial charge in [0.25, 0.3) is 5.91 Å². The van der Waals surface area contributed by atoms with Crippen molar-refractivity contribution in [1.82, 2.24) is 9.78 Å². The van der Waals surface area contributed by atoms with Gasteiger partial charge in [-0.1, -0.05) is 0 Å². The van der Waals surface area contributed by atoms with Crippen molar-refractivity contribution in [3.63, 3.8) is 0 Å². The third kappa shape index (κ3) is 3.32. The molecule has 0 unspecified atom stereocenters. The first-order valence-electron chi connectivity index (χ1n) is 7.25. The third-order valence-electron chi connectivity index (χ3n) is 3.43. The van der Waals surface area contributed by atoms with Gasteiger partial charge in [-0.25, -0.2) is 0 Å². The molecule has 2 rings (SSSR count). The van der Waals surface area contributed by atoms with E-state index >= 15 is 0 Å². The second-order valence-electron chi connectivity index (χ2n) is 4.77. The molecule has 1 aromatic heterocycles. The fraction of sp³-hybridized carbons (Fsp3) is 0.312. The topological polar surface area (TPSA) is 101 Å². The molecule has 2 aromatic rings. The average molecular weight is 332 g/mol. The number of aryl methyl sites for hydroxylation is 1. The van der Waals surface area contributed by atoms with Gasteiger partial charge in [-0.3, -0.25) is 14.5 Å². The van der Waals surface area contributed by atoms with E-state index in [1.807, 2.05) is 6.92 Å². The van der Waals surface area contributed by atoms with Gasteiger partial charge in [0.15, 0.2) is 17.2 Å². The summed E-state index contributed by atoms with van der Waals surface area (Å²) >= 11 is 0. The molecule has 0 spiro atoms. The number of carbonyl (C=O) groups excluding carboxylic acids is 1. The molecule has 0 aliphatic rings. The minimum absolute atomic E-state index is 0.258. The number of amides is 1. The molecule has 0 radical (unpaired) electrons. The Kier molecular flexibility index (Phi) is 5.41. The van der Waals surface area contributed by atoms with E-state index in [-0.39, 0.29) is 5.69 Å². The van der Waals surface area contributed by atoms with E-state index in [0.717, 1.165) is 0 Å². The Labute approximate surface area is 139 Å². The lowest BCUT2D eigenvalue weighted by molar-refractivity contribution is 0.0991. The number of aliphatic imine (C=N–C) groups is 1. The molecule has 24 heavy (non-hydrogen) atoms. The molecule has 128 valence electrons. The molecule has 0 fully saturated rings. The van der Waals surface area contributed by atoms with Crippen LogP contribution in [-0.4, -0.2) is 43.2 Å². The van der Waals surface area contributed by atoms with Crippen molar-refractivity contribution >= 4 is 17.8 Å². The number of benzene rings is 1. The van der Waals surface area contributed by atoms with Crippen LogP contribution in [0.3, 0.4) is 0 Å². The van der Waals surface area contributed by atoms with Crippen LogP contribution in [0.25, 0.3) is 0 Å². The highest BCUT2D eigenvalue weighted by Gasteiger charge is 2.15. The predicted molar refractivity (Wildman–Crippen MR) is 89.8 cm³/mol. The van der Waals surface area contributed by atoms with Crippen LogP contribution in [0.15, 0.2) is 23.3 Å². The first-order valence-corrected chi connectivity index (χ1v) is 7.25. The first kappa shape index (κ1) is 17.3. The number of methoxy groups -OCH3 is 3. The Hall–Kier alpha value is -3.03. The van der Waals surface area contributed by atoms with Crippen LogP contribution in [0.2, 0.25) is 0 Å². The van der Waals surface area contributed by atoms with Gasteiger partial charge in [0.1, 0.15) is 11.4 Å². The van der Waals surface area contributed by atoms with Crippen LogP contribution >= 0.6 is 0 Å². The minimum atomic E-state index is -0.583. The van der Waals surface area contributed by atoms with E-state index in [4.69, 9.17) is 19.9 Å². The Morgan fingerprint density at radius 2 is 1.83 bits per heavy atom. The number of primary amides is 1. The maximum absolute atomic E-state index is 11.6. The lowest BCUT2D eigenvalue weighted by Crippen LogP contribution is -2.17. The Morgan fingerprint density at radius 1 is 1.21 bits per heavy atom. The van der Waals surface area contributed by atoms with Crippen LogP contribution < -0.4 is 19.9 Å². The number of nitrogens with zero attached hydrogens (tertiary/aromatic N) is 3. The molecule has 2 N–H and O–H groups in total. The van der Waals surface area contributed by atoms with E-state index in [2.05, 4.69) is 10.1 Å². The molecule has 8 heteroatoms. The van der Waals surface area contributed by atoms with Crippen LogP contribution in [0.4, 0.5) is 5.69 Å². The molecular weight excluding hydrogens is 312 g/mol. The molecule has 0 atom stereocenters. The van der Waals surface area contributed by atoms with E-state index < -0.39 is 5.91 Å². The molecule has 1 amide bonds. The van der Waals surface area contributed by atoms with E-state index in [9.17, 15) is 4.79 Å². The standard InChI is InChI=1S/C16H20N4O4/c1-5-20-15(16(17)21)11(9-19-20)18-8-10-6-13(23-3)14(24-4)7-12(10)22-2/h6-9H,5H2,1-4H3,(H2,17,21). The number of hydrogen-bond acceptors (Lipinski definition) is 6. The van der Waals surface area contributed by atoms with E-state index in [0.29, 0.717) is 35.0 Å². The van der Waals surface area contributed by atoms with Crippen molar-refractivity contribution in [1.29, 1.82) is 0 Å². The lowest BCUT2D eigenvalue weighted by atomic mass is 10.2. The second kappa shape index (κ2) is 7.49. The van der Waals surface area contributed by atoms with E-state index in [1.165, 1.54) is 10.9 Å². The van der Waals surface area contributed by atoms with Crippen molar-refractivity contribution in [2.24, 2.45) is 10.7 Å². The van der Waals surface area contributed by atoms with Crippen molar-refractivity contribution < 1.29 is 19.0 Å². The molecule has 1 heterocycles. The molecule has 0 saturated carbocycles. The Balaban J connectivity index is 2.46. The Bertz CT molecular complexity index is 768. The van der Waals surface area contributed by atoms with Crippen LogP contribution in [0.1, 0.15) is 23.0 Å². The quantitative estimate of drug-likeness (QED) is 0.779. The molecule has 0 aliphatic carbocycles. The van der Waals surface area contributed by atoms with Crippen LogP contribution in [-0.2, 0) is 6.54 Å². The highest BCUT2D eigenvalue weighted by atomic mass is 16.5. The number of ether oxygens (including phenoxy) is 3. The molecule has 0 aliphatic heterocycles. The van der Waals surface area contributed by atoms with Gasteiger partial charge in [-0.05, 0) is 13.0 Å². The minimum Gasteiger partial charge on any atom is -0.496 e. The summed E-state index contributed by atoms with van der Waals surface area (Å²) in [7, 11) is 4.63. The van der Waals surface area contributed by atoms with Gasteiger partial charge in [-0.15, -0.1) is 0 Å². The second-order valence-corrected chi connectivity index (χ2v) is 4.77. The molecule has 8 nitrogen and oxygen atoms in total. The van der Waals surface area contributed by atoms with Gasteiger partial charge in [0.05, 0.1) is 27.5 Å². The zero-order chi connectivity index (χ0) is 17.7. The number of rotatable bonds is 7. The molecule has 0 saturated heterocycles. The molecular formula is C16H20N4O4. The summed E-state index contributed by atoms with van der Waals surface area (Å²) < 4.78 is 17.4. The van der Waals surface area contributed by atoms with Crippen molar-refractivity contribution in [3.05, 3.63) is 29.6 Å². The zero-order valence-electron chi connectivity index (χ0n) is 14.1. The maximum atomic E-state index is 11.6. The SMILES string of the molecule is CCn1ncc(N=Cc2cc(OC)c(OC)cc2OC)c1C(N)=O. The average Bonchev–Trinajstić information content (AvgIpc) is 3.02. The summed E-state index contributed by atoms with van der Waals surface area (Å²) in [6.45, 7) is 2.39. The van der Waals surface area contributed by atoms with Crippen molar-refractivity contribution in [3.8, 4) is 17.2 Å². The summed E-state index contributed by atoms with van der Waals surface area (Å²) in [5, 5.41) is 4.10. The largest absolute Gasteiger partial charge is 0.496 e. The predicted octanol–water partition coefficient (Wildman–Crippen LogP) is 1.78. The zero-order valence-corrected chi connectivity index (χ0v) is 14.1. The summed E-state index contributed by atoms with van der Waals surface area (Å²) in [4.78, 5) is 15.9. The lowest BCUT2D eigenvalue weighted by Gasteiger charge is -2.11. The fourth-order valence-corrected chi connectivity index (χ4v) is 2.26.